The van der Waals surface area contributed by atoms with Crippen molar-refractivity contribution in [1.82, 2.24) is 10.3 Å². The van der Waals surface area contributed by atoms with E-state index >= 15 is 0 Å². The minimum absolute atomic E-state index is 0.110. The molecule has 0 atom stereocenters. The first kappa shape index (κ1) is 26.4. The molecule has 8 nitrogen and oxygen atoms in total. The topological polar surface area (TPSA) is 91.3 Å². The van der Waals surface area contributed by atoms with Gasteiger partial charge in [0.05, 0.1) is 17.7 Å². The molecule has 0 radical (unpaired) electrons. The Labute approximate surface area is 218 Å². The number of rotatable bonds is 9. The van der Waals surface area contributed by atoms with E-state index in [0.717, 1.165) is 48.1 Å². The fraction of sp³-hybridized carbons (Fsp3) is 0.286. The number of benzene rings is 3. The molecule has 1 aliphatic heterocycles. The molecular formula is C28H32N4O4S. The van der Waals surface area contributed by atoms with E-state index in [1.807, 2.05) is 25.1 Å². The van der Waals surface area contributed by atoms with Crippen LogP contribution < -0.4 is 14.5 Å². The third kappa shape index (κ3) is 6.96. The number of piperidine rings is 1. The largest absolute Gasteiger partial charge is 0.497 e. The molecule has 0 unspecified atom stereocenters. The van der Waals surface area contributed by atoms with Gasteiger partial charge in [-0.05, 0) is 48.9 Å². The van der Waals surface area contributed by atoms with Gasteiger partial charge in [-0.3, -0.25) is 14.0 Å². The molecule has 1 heterocycles. The maximum atomic E-state index is 13.5. The van der Waals surface area contributed by atoms with Gasteiger partial charge in [0, 0.05) is 38.2 Å². The molecule has 3 aromatic carbocycles. The lowest BCUT2D eigenvalue weighted by Crippen LogP contribution is -2.40. The van der Waals surface area contributed by atoms with Crippen molar-refractivity contribution in [3.8, 4) is 5.75 Å². The summed E-state index contributed by atoms with van der Waals surface area (Å²) in [5.41, 5.74) is 6.04. The molecule has 9 heteroatoms. The Morgan fingerprint density at radius 1 is 0.973 bits per heavy atom. The summed E-state index contributed by atoms with van der Waals surface area (Å²) in [7, 11) is -2.45. The minimum Gasteiger partial charge on any atom is -0.497 e. The number of hydrazone groups is 1. The van der Waals surface area contributed by atoms with E-state index in [0.29, 0.717) is 11.4 Å². The van der Waals surface area contributed by atoms with E-state index in [1.54, 1.807) is 48.5 Å². The van der Waals surface area contributed by atoms with E-state index in [1.165, 1.54) is 12.7 Å². The number of hydrogen-bond acceptors (Lipinski definition) is 6. The highest BCUT2D eigenvalue weighted by Gasteiger charge is 2.27. The van der Waals surface area contributed by atoms with Gasteiger partial charge in [0.15, 0.2) is 0 Å². The number of nitrogens with one attached hydrogen (secondary N) is 1. The van der Waals surface area contributed by atoms with Gasteiger partial charge >= 0.3 is 0 Å². The quantitative estimate of drug-likeness (QED) is 0.431. The maximum absolute atomic E-state index is 13.5. The highest BCUT2D eigenvalue weighted by Crippen LogP contribution is 2.26. The van der Waals surface area contributed by atoms with Crippen molar-refractivity contribution >= 4 is 27.3 Å². The van der Waals surface area contributed by atoms with Gasteiger partial charge in [0.2, 0.25) is 0 Å². The number of likely N-dealkylation sites (tertiary alicyclic amines) is 1. The van der Waals surface area contributed by atoms with Crippen molar-refractivity contribution in [2.45, 2.75) is 31.2 Å². The summed E-state index contributed by atoms with van der Waals surface area (Å²) in [6.07, 6.45) is 1.49. The maximum Gasteiger partial charge on any atom is 0.264 e. The predicted octanol–water partition coefficient (Wildman–Crippen LogP) is 3.97. The number of methoxy groups -OCH3 is 1. The van der Waals surface area contributed by atoms with Gasteiger partial charge in [0.25, 0.3) is 15.9 Å². The lowest BCUT2D eigenvalue weighted by molar-refractivity contribution is -0.119. The van der Waals surface area contributed by atoms with Gasteiger partial charge in [-0.2, -0.15) is 5.10 Å². The van der Waals surface area contributed by atoms with Crippen LogP contribution in [-0.4, -0.2) is 51.7 Å². The Hall–Kier alpha value is -3.69. The Balaban J connectivity index is 1.43. The molecule has 1 fully saturated rings. The summed E-state index contributed by atoms with van der Waals surface area (Å²) >= 11 is 0. The van der Waals surface area contributed by atoms with Crippen LogP contribution in [0.3, 0.4) is 0 Å². The molecule has 0 aliphatic carbocycles. The first-order chi connectivity index (χ1) is 17.8. The van der Waals surface area contributed by atoms with Crippen LogP contribution in [0.4, 0.5) is 5.69 Å². The zero-order chi connectivity index (χ0) is 26.3. The molecule has 4 rings (SSSR count). The Morgan fingerprint density at radius 2 is 1.62 bits per heavy atom. The van der Waals surface area contributed by atoms with Gasteiger partial charge in [-0.15, -0.1) is 0 Å². The molecule has 3 aromatic rings. The number of sulfonamides is 1. The Bertz CT molecular complexity index is 1310. The zero-order valence-corrected chi connectivity index (χ0v) is 21.9. The molecule has 37 heavy (non-hydrogen) atoms. The molecule has 194 valence electrons. The van der Waals surface area contributed by atoms with Crippen LogP contribution in [0.15, 0.2) is 88.9 Å². The molecule has 0 saturated carbocycles. The van der Waals surface area contributed by atoms with Gasteiger partial charge in [-0.25, -0.2) is 13.8 Å². The zero-order valence-electron chi connectivity index (χ0n) is 21.1. The van der Waals surface area contributed by atoms with Crippen LogP contribution in [0, 0.1) is 6.92 Å². The van der Waals surface area contributed by atoms with Crippen LogP contribution in [0.1, 0.15) is 24.0 Å². The average Bonchev–Trinajstić information content (AvgIpc) is 2.92. The van der Waals surface area contributed by atoms with E-state index in [2.05, 4.69) is 27.6 Å². The fourth-order valence-corrected chi connectivity index (χ4v) is 5.55. The van der Waals surface area contributed by atoms with E-state index in [9.17, 15) is 13.2 Å². The highest BCUT2D eigenvalue weighted by atomic mass is 32.2. The molecular weight excluding hydrogens is 488 g/mol. The fourth-order valence-electron chi connectivity index (χ4n) is 4.13. The standard InChI is InChI=1S/C28H32N4O4S/c1-22-8-14-27(15-9-22)37(34,35)32(25-10-12-26(36-2)13-11-25)21-28(33)30-29-24-16-18-31(19-17-24)20-23-6-4-3-5-7-23/h3-15H,16-21H2,1-2H3,(H,30,33). The first-order valence-corrected chi connectivity index (χ1v) is 13.6. The molecule has 1 saturated heterocycles. The van der Waals surface area contributed by atoms with Crippen LogP contribution >= 0.6 is 0 Å². The first-order valence-electron chi connectivity index (χ1n) is 12.2. The van der Waals surface area contributed by atoms with E-state index in [-0.39, 0.29) is 4.90 Å². The molecule has 0 aromatic heterocycles. The van der Waals surface area contributed by atoms with Crippen LogP contribution in [0.5, 0.6) is 5.75 Å². The lowest BCUT2D eigenvalue weighted by atomic mass is 10.1. The second kappa shape index (κ2) is 12.0. The third-order valence-electron chi connectivity index (χ3n) is 6.28. The summed E-state index contributed by atoms with van der Waals surface area (Å²) in [4.78, 5) is 15.3. The average molecular weight is 521 g/mol. The van der Waals surface area contributed by atoms with Crippen molar-refractivity contribution in [1.29, 1.82) is 0 Å². The highest BCUT2D eigenvalue weighted by molar-refractivity contribution is 7.92. The van der Waals surface area contributed by atoms with Crippen molar-refractivity contribution in [2.75, 3.05) is 31.0 Å². The number of hydrogen-bond donors (Lipinski definition) is 1. The smallest absolute Gasteiger partial charge is 0.264 e. The van der Waals surface area contributed by atoms with Crippen LogP contribution in [0.25, 0.3) is 0 Å². The van der Waals surface area contributed by atoms with Gasteiger partial charge in [0.1, 0.15) is 12.3 Å². The van der Waals surface area contributed by atoms with E-state index < -0.39 is 22.5 Å². The number of ether oxygens (including phenoxy) is 1. The van der Waals surface area contributed by atoms with Crippen molar-refractivity contribution in [3.05, 3.63) is 90.0 Å². The second-order valence-electron chi connectivity index (χ2n) is 9.00. The van der Waals surface area contributed by atoms with Crippen LogP contribution in [0.2, 0.25) is 0 Å². The predicted molar refractivity (Wildman–Crippen MR) is 145 cm³/mol. The number of amides is 1. The second-order valence-corrected chi connectivity index (χ2v) is 10.9. The van der Waals surface area contributed by atoms with E-state index in [4.69, 9.17) is 4.74 Å². The summed E-state index contributed by atoms with van der Waals surface area (Å²) < 4.78 is 33.3. The minimum atomic E-state index is -3.99. The number of carbonyl (C=O) groups excluding carboxylic acids is 1. The SMILES string of the molecule is COc1ccc(N(CC(=O)NN=C2CCN(Cc3ccccc3)CC2)S(=O)(=O)c2ccc(C)cc2)cc1. The number of carbonyl (C=O) groups is 1. The van der Waals surface area contributed by atoms with Gasteiger partial charge in [-0.1, -0.05) is 48.0 Å². The summed E-state index contributed by atoms with van der Waals surface area (Å²) in [6.45, 7) is 4.07. The molecule has 0 bridgehead atoms. The lowest BCUT2D eigenvalue weighted by Gasteiger charge is -2.27. The normalized spacial score (nSPS) is 14.2. The molecule has 0 spiro atoms. The summed E-state index contributed by atoms with van der Waals surface area (Å²) in [5.74, 6) is 0.0802. The van der Waals surface area contributed by atoms with Crippen molar-refractivity contribution in [3.63, 3.8) is 0 Å². The molecule has 1 aliphatic rings. The number of nitrogens with zero attached hydrogens (tertiary/aromatic N) is 3. The molecule has 1 N–H and O–H groups in total. The summed E-state index contributed by atoms with van der Waals surface area (Å²) in [6, 6.07) is 23.4. The number of anilines is 1. The van der Waals surface area contributed by atoms with Crippen molar-refractivity contribution < 1.29 is 17.9 Å². The van der Waals surface area contributed by atoms with Gasteiger partial charge < -0.3 is 4.74 Å². The monoisotopic (exact) mass is 520 g/mol. The Morgan fingerprint density at radius 3 is 2.24 bits per heavy atom. The van der Waals surface area contributed by atoms with Crippen LogP contribution in [-0.2, 0) is 21.4 Å². The molecule has 1 amide bonds. The third-order valence-corrected chi connectivity index (χ3v) is 8.07. The Kier molecular flexibility index (Phi) is 8.58. The van der Waals surface area contributed by atoms with Crippen molar-refractivity contribution in [2.24, 2.45) is 5.10 Å². The summed E-state index contributed by atoms with van der Waals surface area (Å²) in [5, 5.41) is 4.31. The number of aryl methyl sites for hydroxylation is 1.